The van der Waals surface area contributed by atoms with Crippen LogP contribution >= 0.6 is 23.4 Å². The van der Waals surface area contributed by atoms with Crippen LogP contribution in [0.15, 0.2) is 58.7 Å². The molecule has 0 radical (unpaired) electrons. The molecule has 2 aromatic carbocycles. The summed E-state index contributed by atoms with van der Waals surface area (Å²) in [4.78, 5) is 4.51. The third kappa shape index (κ3) is 3.00. The lowest BCUT2D eigenvalue weighted by molar-refractivity contribution is 0.628. The molecule has 0 spiro atoms. The zero-order valence-corrected chi connectivity index (χ0v) is 13.9. The Labute approximate surface area is 146 Å². The summed E-state index contributed by atoms with van der Waals surface area (Å²) in [7, 11) is 0. The van der Waals surface area contributed by atoms with Crippen molar-refractivity contribution < 1.29 is 4.39 Å². The molecule has 8 heteroatoms. The molecular weight excluding hydrogens is 349 g/mol. The Morgan fingerprint density at radius 3 is 2.58 bits per heavy atom. The monoisotopic (exact) mass is 359 g/mol. The van der Waals surface area contributed by atoms with Crippen LogP contribution in [0.1, 0.15) is 0 Å². The molecule has 0 saturated heterocycles. The Hall–Kier alpha value is -2.38. The summed E-state index contributed by atoms with van der Waals surface area (Å²) in [6.45, 7) is 0. The number of amidine groups is 1. The van der Waals surface area contributed by atoms with E-state index in [0.29, 0.717) is 22.3 Å². The number of halogens is 2. The largest absolute Gasteiger partial charge is 0.276 e. The van der Waals surface area contributed by atoms with Crippen molar-refractivity contribution in [1.82, 2.24) is 14.9 Å². The van der Waals surface area contributed by atoms with Crippen molar-refractivity contribution in [3.8, 4) is 11.4 Å². The normalized spacial score (nSPS) is 15.2. The van der Waals surface area contributed by atoms with E-state index in [4.69, 9.17) is 11.6 Å². The fraction of sp³-hybridized carbons (Fsp3) is 0.0625. The second-order valence-corrected chi connectivity index (χ2v) is 6.46. The van der Waals surface area contributed by atoms with Gasteiger partial charge in [-0.2, -0.15) is 0 Å². The number of nitrogens with one attached hydrogen (secondary N) is 1. The zero-order valence-electron chi connectivity index (χ0n) is 12.3. The smallest absolute Gasteiger partial charge is 0.211 e. The minimum Gasteiger partial charge on any atom is -0.276 e. The summed E-state index contributed by atoms with van der Waals surface area (Å²) >= 11 is 7.47. The number of aliphatic imine (C=N–C) groups is 1. The highest BCUT2D eigenvalue weighted by Gasteiger charge is 2.21. The molecule has 0 amide bonds. The highest BCUT2D eigenvalue weighted by atomic mass is 35.5. The van der Waals surface area contributed by atoms with E-state index in [0.717, 1.165) is 16.6 Å². The second-order valence-electron chi connectivity index (χ2n) is 5.08. The molecule has 1 aromatic heterocycles. The van der Waals surface area contributed by atoms with Crippen LogP contribution < -0.4 is 5.43 Å². The minimum atomic E-state index is -0.281. The standard InChI is InChI=1S/C16H11ClFN5S/c17-11-3-1-10(2-4-11)15-20-21-16-23(15)22-14(9-24-16)19-13-7-5-12(18)6-8-13/h1-8H,9H2,(H,19,22). The van der Waals surface area contributed by atoms with Crippen LogP contribution in [-0.4, -0.2) is 26.5 Å². The van der Waals surface area contributed by atoms with E-state index in [9.17, 15) is 4.39 Å². The number of hydrogen-bond acceptors (Lipinski definition) is 4. The lowest BCUT2D eigenvalue weighted by Gasteiger charge is -2.18. The van der Waals surface area contributed by atoms with Crippen molar-refractivity contribution in [2.24, 2.45) is 4.99 Å². The summed E-state index contributed by atoms with van der Waals surface area (Å²) < 4.78 is 14.8. The van der Waals surface area contributed by atoms with E-state index in [2.05, 4.69) is 20.6 Å². The van der Waals surface area contributed by atoms with E-state index < -0.39 is 0 Å². The van der Waals surface area contributed by atoms with Crippen molar-refractivity contribution in [2.75, 3.05) is 11.2 Å². The number of rotatable bonds is 2. The highest BCUT2D eigenvalue weighted by molar-refractivity contribution is 7.99. The van der Waals surface area contributed by atoms with Gasteiger partial charge in [0.1, 0.15) is 11.7 Å². The minimum absolute atomic E-state index is 0.281. The Balaban J connectivity index is 1.65. The summed E-state index contributed by atoms with van der Waals surface area (Å²) in [5, 5.41) is 9.84. The van der Waals surface area contributed by atoms with Gasteiger partial charge >= 0.3 is 0 Å². The molecule has 3 aromatic rings. The molecule has 0 aliphatic carbocycles. The Morgan fingerprint density at radius 1 is 1.08 bits per heavy atom. The SMILES string of the molecule is Fc1ccc(N=C2CSc3nnc(-c4ccc(Cl)cc4)n3N2)cc1. The van der Waals surface area contributed by atoms with Gasteiger partial charge in [-0.15, -0.1) is 10.2 Å². The first-order valence-corrected chi connectivity index (χ1v) is 8.50. The summed E-state index contributed by atoms with van der Waals surface area (Å²) in [5.41, 5.74) is 4.80. The summed E-state index contributed by atoms with van der Waals surface area (Å²) in [6.07, 6.45) is 0. The molecule has 1 aliphatic heterocycles. The lowest BCUT2D eigenvalue weighted by Crippen LogP contribution is -2.30. The van der Waals surface area contributed by atoms with Crippen molar-refractivity contribution in [3.63, 3.8) is 0 Å². The van der Waals surface area contributed by atoms with Gasteiger partial charge in [0, 0.05) is 10.6 Å². The number of hydrogen-bond donors (Lipinski definition) is 1. The number of fused-ring (bicyclic) bond motifs is 1. The van der Waals surface area contributed by atoms with E-state index in [1.165, 1.54) is 23.9 Å². The van der Waals surface area contributed by atoms with Gasteiger partial charge in [-0.1, -0.05) is 23.4 Å². The first-order valence-electron chi connectivity index (χ1n) is 7.13. The molecule has 0 unspecified atom stereocenters. The van der Waals surface area contributed by atoms with Crippen LogP contribution in [0.3, 0.4) is 0 Å². The van der Waals surface area contributed by atoms with Gasteiger partial charge in [-0.25, -0.2) is 14.1 Å². The van der Waals surface area contributed by atoms with Gasteiger partial charge in [0.25, 0.3) is 0 Å². The van der Waals surface area contributed by atoms with Crippen molar-refractivity contribution in [3.05, 3.63) is 59.4 Å². The molecule has 4 rings (SSSR count). The van der Waals surface area contributed by atoms with Gasteiger partial charge in [0.2, 0.25) is 5.16 Å². The first kappa shape index (κ1) is 15.2. The highest BCUT2D eigenvalue weighted by Crippen LogP contribution is 2.27. The zero-order chi connectivity index (χ0) is 16.5. The fourth-order valence-electron chi connectivity index (χ4n) is 2.27. The number of nitrogens with zero attached hydrogens (tertiary/aromatic N) is 4. The van der Waals surface area contributed by atoms with E-state index in [1.807, 2.05) is 24.3 Å². The van der Waals surface area contributed by atoms with E-state index >= 15 is 0 Å². The Kier molecular flexibility index (Phi) is 3.95. The third-order valence-electron chi connectivity index (χ3n) is 3.41. The Bertz CT molecular complexity index is 905. The van der Waals surface area contributed by atoms with Gasteiger partial charge in [0.05, 0.1) is 11.4 Å². The molecule has 0 atom stereocenters. The van der Waals surface area contributed by atoms with Crippen molar-refractivity contribution in [1.29, 1.82) is 0 Å². The van der Waals surface area contributed by atoms with E-state index in [-0.39, 0.29) is 5.82 Å². The van der Waals surface area contributed by atoms with Crippen LogP contribution in [-0.2, 0) is 0 Å². The Morgan fingerprint density at radius 2 is 1.83 bits per heavy atom. The predicted octanol–water partition coefficient (Wildman–Crippen LogP) is 4.12. The van der Waals surface area contributed by atoms with Crippen LogP contribution in [0, 0.1) is 5.82 Å². The quantitative estimate of drug-likeness (QED) is 0.748. The fourth-order valence-corrected chi connectivity index (χ4v) is 3.15. The van der Waals surface area contributed by atoms with Gasteiger partial charge in [-0.05, 0) is 48.5 Å². The number of benzene rings is 2. The van der Waals surface area contributed by atoms with Crippen LogP contribution in [0.25, 0.3) is 11.4 Å². The molecular formula is C16H11ClFN5S. The van der Waals surface area contributed by atoms with Crippen LogP contribution in [0.5, 0.6) is 0 Å². The molecule has 1 aliphatic rings. The van der Waals surface area contributed by atoms with Crippen molar-refractivity contribution >= 4 is 34.9 Å². The maximum absolute atomic E-state index is 13.0. The summed E-state index contributed by atoms with van der Waals surface area (Å²) in [5.74, 6) is 1.78. The molecule has 0 fully saturated rings. The lowest BCUT2D eigenvalue weighted by atomic mass is 10.2. The average Bonchev–Trinajstić information content (AvgIpc) is 3.01. The molecule has 0 bridgehead atoms. The van der Waals surface area contributed by atoms with Crippen LogP contribution in [0.2, 0.25) is 5.02 Å². The molecule has 2 heterocycles. The number of thioether (sulfide) groups is 1. The third-order valence-corrected chi connectivity index (χ3v) is 4.60. The topological polar surface area (TPSA) is 55.1 Å². The van der Waals surface area contributed by atoms with Crippen molar-refractivity contribution in [2.45, 2.75) is 5.16 Å². The average molecular weight is 360 g/mol. The molecule has 1 N–H and O–H groups in total. The molecule has 0 saturated carbocycles. The van der Waals surface area contributed by atoms with Gasteiger partial charge in [-0.3, -0.25) is 5.43 Å². The first-order chi connectivity index (χ1) is 11.7. The molecule has 24 heavy (non-hydrogen) atoms. The molecule has 120 valence electrons. The second kappa shape index (κ2) is 6.26. The maximum atomic E-state index is 13.0. The van der Waals surface area contributed by atoms with E-state index in [1.54, 1.807) is 16.8 Å². The van der Waals surface area contributed by atoms with Gasteiger partial charge in [0.15, 0.2) is 5.82 Å². The molecule has 5 nitrogen and oxygen atoms in total. The van der Waals surface area contributed by atoms with Crippen LogP contribution in [0.4, 0.5) is 10.1 Å². The summed E-state index contributed by atoms with van der Waals surface area (Å²) in [6, 6.07) is 13.4. The maximum Gasteiger partial charge on any atom is 0.211 e. The number of aromatic nitrogens is 3. The predicted molar refractivity (Wildman–Crippen MR) is 94.0 cm³/mol. The van der Waals surface area contributed by atoms with Gasteiger partial charge < -0.3 is 0 Å².